The third kappa shape index (κ3) is 2.54. The first-order chi connectivity index (χ1) is 9.32. The van der Waals surface area contributed by atoms with Gasteiger partial charge in [0.1, 0.15) is 17.4 Å². The van der Waals surface area contributed by atoms with Gasteiger partial charge in [-0.15, -0.1) is 0 Å². The Hall–Kier alpha value is -2.62. The largest absolute Gasteiger partial charge is 0.417 e. The molecule has 0 aliphatic carbocycles. The van der Waals surface area contributed by atoms with Crippen LogP contribution in [0.1, 0.15) is 11.1 Å². The first-order valence-corrected chi connectivity index (χ1v) is 5.33. The Morgan fingerprint density at radius 3 is 2.45 bits per heavy atom. The minimum atomic E-state index is -4.85. The number of hydrogen-bond donors (Lipinski definition) is 1. The molecule has 1 aromatic heterocycles. The van der Waals surface area contributed by atoms with E-state index < -0.39 is 28.7 Å². The summed E-state index contributed by atoms with van der Waals surface area (Å²) in [5.41, 5.74) is -3.65. The number of alkyl halides is 3. The number of nitrogens with one attached hydrogen (secondary N) is 1. The maximum atomic E-state index is 13.1. The van der Waals surface area contributed by atoms with E-state index in [-0.39, 0.29) is 11.3 Å². The van der Waals surface area contributed by atoms with Gasteiger partial charge in [0, 0.05) is 11.3 Å². The Labute approximate surface area is 110 Å². The number of H-pyrrole nitrogens is 1. The van der Waals surface area contributed by atoms with Gasteiger partial charge in [-0.3, -0.25) is 4.79 Å². The van der Waals surface area contributed by atoms with E-state index in [0.29, 0.717) is 6.07 Å². The van der Waals surface area contributed by atoms with Gasteiger partial charge in [0.25, 0.3) is 5.56 Å². The van der Waals surface area contributed by atoms with Crippen LogP contribution in [-0.4, -0.2) is 4.98 Å². The van der Waals surface area contributed by atoms with Crippen LogP contribution in [0.5, 0.6) is 0 Å². The van der Waals surface area contributed by atoms with Crippen LogP contribution in [0.25, 0.3) is 11.3 Å². The summed E-state index contributed by atoms with van der Waals surface area (Å²) in [4.78, 5) is 13.7. The molecule has 102 valence electrons. The van der Waals surface area contributed by atoms with Crippen molar-refractivity contribution in [2.45, 2.75) is 6.18 Å². The summed E-state index contributed by atoms with van der Waals surface area (Å²) < 4.78 is 51.5. The lowest BCUT2D eigenvalue weighted by atomic mass is 10.1. The van der Waals surface area contributed by atoms with Gasteiger partial charge >= 0.3 is 6.18 Å². The van der Waals surface area contributed by atoms with Crippen molar-refractivity contribution in [3.63, 3.8) is 0 Å². The summed E-state index contributed by atoms with van der Waals surface area (Å²) in [7, 11) is 0. The van der Waals surface area contributed by atoms with Gasteiger partial charge in [-0.25, -0.2) is 4.39 Å². The summed E-state index contributed by atoms with van der Waals surface area (Å²) >= 11 is 0. The average molecular weight is 282 g/mol. The van der Waals surface area contributed by atoms with Crippen LogP contribution in [0.15, 0.2) is 35.1 Å². The summed E-state index contributed by atoms with van der Waals surface area (Å²) in [5, 5.41) is 8.64. The molecule has 0 unspecified atom stereocenters. The van der Waals surface area contributed by atoms with Gasteiger partial charge in [-0.05, 0) is 18.2 Å². The number of aromatic amines is 1. The van der Waals surface area contributed by atoms with E-state index >= 15 is 0 Å². The summed E-state index contributed by atoms with van der Waals surface area (Å²) in [5.74, 6) is -0.652. The van der Waals surface area contributed by atoms with Gasteiger partial charge in [-0.2, -0.15) is 18.4 Å². The molecule has 20 heavy (non-hydrogen) atoms. The molecule has 0 fully saturated rings. The Kier molecular flexibility index (Phi) is 3.32. The molecule has 0 spiro atoms. The molecule has 1 N–H and O–H groups in total. The molecule has 0 bridgehead atoms. The number of pyridine rings is 1. The molecular weight excluding hydrogens is 276 g/mol. The highest BCUT2D eigenvalue weighted by Gasteiger charge is 2.35. The second-order valence-electron chi connectivity index (χ2n) is 3.92. The fraction of sp³-hybridized carbons (Fsp3) is 0.0769. The van der Waals surface area contributed by atoms with E-state index in [1.54, 1.807) is 0 Å². The third-order valence-electron chi connectivity index (χ3n) is 2.59. The van der Waals surface area contributed by atoms with Crippen LogP contribution in [0.4, 0.5) is 17.6 Å². The van der Waals surface area contributed by atoms with Crippen molar-refractivity contribution >= 4 is 0 Å². The summed E-state index contributed by atoms with van der Waals surface area (Å²) in [6, 6.07) is 6.59. The Bertz CT molecular complexity index is 756. The lowest BCUT2D eigenvalue weighted by Gasteiger charge is -2.10. The summed E-state index contributed by atoms with van der Waals surface area (Å²) in [6.45, 7) is 0. The number of nitrogens with zero attached hydrogens (tertiary/aromatic N) is 1. The van der Waals surface area contributed by atoms with Gasteiger partial charge in [0.2, 0.25) is 0 Å². The molecule has 0 aliphatic rings. The smallest absolute Gasteiger partial charge is 0.321 e. The van der Waals surface area contributed by atoms with Crippen LogP contribution in [0, 0.1) is 17.1 Å². The molecular formula is C13H6F4N2O. The van der Waals surface area contributed by atoms with Crippen LogP contribution in [0.3, 0.4) is 0 Å². The zero-order valence-electron chi connectivity index (χ0n) is 9.75. The highest BCUT2D eigenvalue weighted by Crippen LogP contribution is 2.32. The molecule has 7 heteroatoms. The molecule has 0 aliphatic heterocycles. The third-order valence-corrected chi connectivity index (χ3v) is 2.59. The molecule has 1 heterocycles. The minimum absolute atomic E-state index is 0.0806. The van der Waals surface area contributed by atoms with E-state index in [0.717, 1.165) is 12.1 Å². The number of benzene rings is 1. The Morgan fingerprint density at radius 2 is 1.90 bits per heavy atom. The molecule has 0 radical (unpaired) electrons. The van der Waals surface area contributed by atoms with Gasteiger partial charge < -0.3 is 4.98 Å². The maximum Gasteiger partial charge on any atom is 0.417 e. The first-order valence-electron chi connectivity index (χ1n) is 5.33. The van der Waals surface area contributed by atoms with E-state index in [1.807, 2.05) is 0 Å². The number of aromatic nitrogens is 1. The fourth-order valence-corrected chi connectivity index (χ4v) is 1.71. The summed E-state index contributed by atoms with van der Waals surface area (Å²) in [6.07, 6.45) is -4.85. The van der Waals surface area contributed by atoms with Crippen molar-refractivity contribution in [3.8, 4) is 17.3 Å². The van der Waals surface area contributed by atoms with E-state index in [9.17, 15) is 22.4 Å². The Balaban J connectivity index is 2.73. The molecule has 0 saturated heterocycles. The van der Waals surface area contributed by atoms with Crippen molar-refractivity contribution in [2.24, 2.45) is 0 Å². The number of rotatable bonds is 1. The van der Waals surface area contributed by atoms with Crippen LogP contribution >= 0.6 is 0 Å². The number of hydrogen-bond acceptors (Lipinski definition) is 2. The molecule has 2 aromatic rings. The van der Waals surface area contributed by atoms with E-state index in [4.69, 9.17) is 5.26 Å². The molecule has 3 nitrogen and oxygen atoms in total. The zero-order chi connectivity index (χ0) is 14.9. The zero-order valence-corrected chi connectivity index (χ0v) is 9.75. The number of halogens is 4. The van der Waals surface area contributed by atoms with Crippen molar-refractivity contribution < 1.29 is 17.6 Å². The van der Waals surface area contributed by atoms with Gasteiger partial charge in [0.05, 0.1) is 5.56 Å². The molecule has 0 atom stereocenters. The number of nitriles is 1. The van der Waals surface area contributed by atoms with Crippen molar-refractivity contribution in [1.82, 2.24) is 4.98 Å². The second-order valence-corrected chi connectivity index (χ2v) is 3.92. The molecule has 2 rings (SSSR count). The van der Waals surface area contributed by atoms with Crippen molar-refractivity contribution in [2.75, 3.05) is 0 Å². The molecule has 0 amide bonds. The molecule has 0 saturated carbocycles. The normalized spacial score (nSPS) is 11.2. The highest BCUT2D eigenvalue weighted by molar-refractivity contribution is 5.61. The minimum Gasteiger partial charge on any atom is -0.321 e. The second kappa shape index (κ2) is 4.81. The van der Waals surface area contributed by atoms with Crippen molar-refractivity contribution in [3.05, 3.63) is 57.6 Å². The molecule has 1 aromatic carbocycles. The van der Waals surface area contributed by atoms with Crippen LogP contribution < -0.4 is 5.56 Å². The first kappa shape index (κ1) is 13.8. The fourth-order valence-electron chi connectivity index (χ4n) is 1.71. The predicted molar refractivity (Wildman–Crippen MR) is 62.2 cm³/mol. The predicted octanol–water partition coefficient (Wildman–Crippen LogP) is 3.07. The highest BCUT2D eigenvalue weighted by atomic mass is 19.4. The average Bonchev–Trinajstić information content (AvgIpc) is 2.36. The maximum absolute atomic E-state index is 13.1. The van der Waals surface area contributed by atoms with Gasteiger partial charge in [0.15, 0.2) is 0 Å². The Morgan fingerprint density at radius 1 is 1.20 bits per heavy atom. The topological polar surface area (TPSA) is 56.6 Å². The standard InChI is InChI=1S/C13H6F4N2O/c14-8-3-1-2-7(4-8)11-5-10(13(15,16)17)9(6-18)12(20)19-11/h1-5H,(H,19,20). The monoisotopic (exact) mass is 282 g/mol. The van der Waals surface area contributed by atoms with E-state index in [1.165, 1.54) is 18.2 Å². The van der Waals surface area contributed by atoms with Crippen LogP contribution in [-0.2, 0) is 6.18 Å². The lowest BCUT2D eigenvalue weighted by Crippen LogP contribution is -2.19. The van der Waals surface area contributed by atoms with Crippen molar-refractivity contribution in [1.29, 1.82) is 5.26 Å². The lowest BCUT2D eigenvalue weighted by molar-refractivity contribution is -0.137. The van der Waals surface area contributed by atoms with E-state index in [2.05, 4.69) is 4.98 Å². The quantitative estimate of drug-likeness (QED) is 0.817. The van der Waals surface area contributed by atoms with Crippen LogP contribution in [0.2, 0.25) is 0 Å². The SMILES string of the molecule is N#Cc1c(C(F)(F)F)cc(-c2cccc(F)c2)[nH]c1=O. The van der Waals surface area contributed by atoms with Gasteiger partial charge in [-0.1, -0.05) is 12.1 Å².